The number of aliphatic hydroxyl groups excluding tert-OH is 4. The number of carbonyl (C=O) groups is 2. The van der Waals surface area contributed by atoms with E-state index in [-0.39, 0.29) is 25.4 Å². The number of aliphatic carboxylic acids is 2. The van der Waals surface area contributed by atoms with Crippen molar-refractivity contribution in [3.8, 4) is 0 Å². The minimum Gasteiger partial charge on any atom is -0.480 e. The van der Waals surface area contributed by atoms with Crippen molar-refractivity contribution in [2.45, 2.75) is 56.4 Å². The van der Waals surface area contributed by atoms with Crippen molar-refractivity contribution in [1.82, 2.24) is 0 Å². The molecule has 144 valence electrons. The molecule has 6 N–H and O–H groups in total. The maximum absolute atomic E-state index is 11.1. The van der Waals surface area contributed by atoms with Crippen LogP contribution in [0.5, 0.6) is 0 Å². The van der Waals surface area contributed by atoms with Crippen LogP contribution in [0, 0.1) is 11.3 Å². The van der Waals surface area contributed by atoms with Gasteiger partial charge in [-0.1, -0.05) is 0 Å². The lowest BCUT2D eigenvalue weighted by molar-refractivity contribution is -0.301. The van der Waals surface area contributed by atoms with Gasteiger partial charge in [0.1, 0.15) is 24.4 Å². The highest BCUT2D eigenvalue weighted by Crippen LogP contribution is 2.48. The lowest BCUT2D eigenvalue weighted by Crippen LogP contribution is -2.59. The van der Waals surface area contributed by atoms with Crippen LogP contribution in [-0.2, 0) is 19.1 Å². The van der Waals surface area contributed by atoms with Crippen molar-refractivity contribution in [2.75, 3.05) is 13.2 Å². The topological polar surface area (TPSA) is 174 Å². The Balaban J connectivity index is 1.72. The standard InChI is InChI=1S/C15H24O10/c16-6-8-9(17)10(18)11(19)12(25-8)24-3-1-2-7-4-15(5-7,13(20)21)14(22)23/h7-12,16-19H,1-6H2,(H,20,21)(H,22,23)/t8-,9-,10+,11-,12?/m1/s1. The molecule has 0 amide bonds. The maximum atomic E-state index is 11.1. The first-order valence-corrected chi connectivity index (χ1v) is 8.12. The van der Waals surface area contributed by atoms with Crippen LogP contribution in [-0.4, -0.2) is 86.5 Å². The Morgan fingerprint density at radius 1 is 1.04 bits per heavy atom. The van der Waals surface area contributed by atoms with E-state index in [4.69, 9.17) is 24.8 Å². The van der Waals surface area contributed by atoms with Crippen molar-refractivity contribution in [3.05, 3.63) is 0 Å². The van der Waals surface area contributed by atoms with E-state index in [1.807, 2.05) is 0 Å². The Bertz CT molecular complexity index is 471. The van der Waals surface area contributed by atoms with Crippen molar-refractivity contribution in [1.29, 1.82) is 0 Å². The first-order chi connectivity index (χ1) is 11.7. The molecule has 0 aromatic rings. The predicted octanol–water partition coefficient (Wildman–Crippen LogP) is -1.85. The number of rotatable bonds is 8. The van der Waals surface area contributed by atoms with Crippen LogP contribution >= 0.6 is 0 Å². The number of ether oxygens (including phenoxy) is 2. The van der Waals surface area contributed by atoms with Gasteiger partial charge in [-0.2, -0.15) is 0 Å². The molecule has 1 unspecified atom stereocenters. The third kappa shape index (κ3) is 3.94. The molecule has 1 aliphatic heterocycles. The molecule has 1 saturated carbocycles. The fourth-order valence-corrected chi connectivity index (χ4v) is 3.35. The van der Waals surface area contributed by atoms with E-state index in [1.54, 1.807) is 0 Å². The van der Waals surface area contributed by atoms with E-state index in [9.17, 15) is 24.9 Å². The van der Waals surface area contributed by atoms with Crippen LogP contribution in [0.1, 0.15) is 25.7 Å². The number of carboxylic acid groups (broad SMARTS) is 2. The molecule has 0 aromatic carbocycles. The van der Waals surface area contributed by atoms with Gasteiger partial charge in [0.05, 0.1) is 6.61 Å². The quantitative estimate of drug-likeness (QED) is 0.212. The SMILES string of the molecule is O=C(O)C1(C(=O)O)CC(CCCOC2O[C@H](CO)[C@@H](O)[C@H](O)[C@H]2O)C1. The Morgan fingerprint density at radius 2 is 1.64 bits per heavy atom. The second-order valence-corrected chi connectivity index (χ2v) is 6.68. The summed E-state index contributed by atoms with van der Waals surface area (Å²) in [5.74, 6) is -2.69. The smallest absolute Gasteiger partial charge is 0.321 e. The van der Waals surface area contributed by atoms with E-state index in [2.05, 4.69) is 0 Å². The zero-order valence-corrected chi connectivity index (χ0v) is 13.5. The monoisotopic (exact) mass is 364 g/mol. The normalized spacial score (nSPS) is 35.1. The predicted molar refractivity (Wildman–Crippen MR) is 79.4 cm³/mol. The maximum Gasteiger partial charge on any atom is 0.321 e. The van der Waals surface area contributed by atoms with Gasteiger partial charge in [-0.25, -0.2) is 0 Å². The Labute approximate surface area is 143 Å². The Morgan fingerprint density at radius 3 is 2.16 bits per heavy atom. The van der Waals surface area contributed by atoms with Crippen LogP contribution in [0.15, 0.2) is 0 Å². The van der Waals surface area contributed by atoms with Gasteiger partial charge in [0.2, 0.25) is 0 Å². The summed E-state index contributed by atoms with van der Waals surface area (Å²) in [6.45, 7) is -0.411. The molecule has 1 aliphatic carbocycles. The Kier molecular flexibility index (Phi) is 6.35. The van der Waals surface area contributed by atoms with E-state index < -0.39 is 54.7 Å². The molecular weight excluding hydrogens is 340 g/mol. The van der Waals surface area contributed by atoms with Gasteiger partial charge in [0, 0.05) is 6.61 Å². The van der Waals surface area contributed by atoms with Crippen molar-refractivity contribution < 1.29 is 49.7 Å². The third-order valence-corrected chi connectivity index (χ3v) is 4.98. The fourth-order valence-electron chi connectivity index (χ4n) is 3.35. The highest BCUT2D eigenvalue weighted by molar-refractivity contribution is 5.99. The summed E-state index contributed by atoms with van der Waals surface area (Å²) in [5, 5.41) is 56.2. The summed E-state index contributed by atoms with van der Waals surface area (Å²) in [4.78, 5) is 22.1. The van der Waals surface area contributed by atoms with Gasteiger partial charge in [-0.05, 0) is 31.6 Å². The zero-order chi connectivity index (χ0) is 18.8. The molecule has 25 heavy (non-hydrogen) atoms. The van der Waals surface area contributed by atoms with Crippen LogP contribution < -0.4 is 0 Å². The third-order valence-electron chi connectivity index (χ3n) is 4.98. The van der Waals surface area contributed by atoms with Gasteiger partial charge < -0.3 is 40.1 Å². The lowest BCUT2D eigenvalue weighted by Gasteiger charge is -2.41. The molecular formula is C15H24O10. The number of hydrogen-bond donors (Lipinski definition) is 6. The summed E-state index contributed by atoms with van der Waals surface area (Å²) < 4.78 is 10.5. The van der Waals surface area contributed by atoms with Gasteiger partial charge in [0.15, 0.2) is 11.7 Å². The van der Waals surface area contributed by atoms with Crippen LogP contribution in [0.25, 0.3) is 0 Å². The second-order valence-electron chi connectivity index (χ2n) is 6.68. The van der Waals surface area contributed by atoms with Gasteiger partial charge in [-0.3, -0.25) is 9.59 Å². The number of hydrogen-bond acceptors (Lipinski definition) is 8. The van der Waals surface area contributed by atoms with E-state index in [0.29, 0.717) is 12.8 Å². The number of carboxylic acids is 2. The van der Waals surface area contributed by atoms with Crippen molar-refractivity contribution in [2.24, 2.45) is 11.3 Å². The van der Waals surface area contributed by atoms with E-state index in [1.165, 1.54) is 0 Å². The minimum absolute atomic E-state index is 0.0365. The molecule has 0 spiro atoms. The fraction of sp³-hybridized carbons (Fsp3) is 0.867. The Hall–Kier alpha value is -1.30. The molecule has 2 aliphatic rings. The molecule has 0 bridgehead atoms. The molecule has 5 atom stereocenters. The van der Waals surface area contributed by atoms with Gasteiger partial charge in [0.25, 0.3) is 0 Å². The summed E-state index contributed by atoms with van der Waals surface area (Å²) in [7, 11) is 0. The summed E-state index contributed by atoms with van der Waals surface area (Å²) in [6.07, 6.45) is -5.49. The molecule has 0 aromatic heterocycles. The van der Waals surface area contributed by atoms with Crippen molar-refractivity contribution >= 4 is 11.9 Å². The van der Waals surface area contributed by atoms with E-state index in [0.717, 1.165) is 0 Å². The molecule has 2 rings (SSSR count). The summed E-state index contributed by atoms with van der Waals surface area (Å²) in [6, 6.07) is 0. The van der Waals surface area contributed by atoms with Crippen LogP contribution in [0.2, 0.25) is 0 Å². The van der Waals surface area contributed by atoms with Crippen LogP contribution in [0.4, 0.5) is 0 Å². The lowest BCUT2D eigenvalue weighted by atomic mass is 9.60. The molecule has 0 radical (unpaired) electrons. The second kappa shape index (κ2) is 7.94. The zero-order valence-electron chi connectivity index (χ0n) is 13.5. The molecule has 1 saturated heterocycles. The highest BCUT2D eigenvalue weighted by atomic mass is 16.7. The minimum atomic E-state index is -1.69. The van der Waals surface area contributed by atoms with E-state index >= 15 is 0 Å². The summed E-state index contributed by atoms with van der Waals surface area (Å²) in [5.41, 5.74) is -1.69. The molecule has 10 heteroatoms. The van der Waals surface area contributed by atoms with Gasteiger partial charge >= 0.3 is 11.9 Å². The molecule has 1 heterocycles. The summed E-state index contributed by atoms with van der Waals surface area (Å²) >= 11 is 0. The average Bonchev–Trinajstić information content (AvgIpc) is 2.51. The highest BCUT2D eigenvalue weighted by Gasteiger charge is 2.56. The molecule has 2 fully saturated rings. The first-order valence-electron chi connectivity index (χ1n) is 8.12. The largest absolute Gasteiger partial charge is 0.480 e. The number of aliphatic hydroxyl groups is 4. The first kappa shape index (κ1) is 20.0. The average molecular weight is 364 g/mol. The van der Waals surface area contributed by atoms with Crippen molar-refractivity contribution in [3.63, 3.8) is 0 Å². The van der Waals surface area contributed by atoms with Crippen LogP contribution in [0.3, 0.4) is 0 Å². The molecule has 10 nitrogen and oxygen atoms in total. The van der Waals surface area contributed by atoms with Gasteiger partial charge in [-0.15, -0.1) is 0 Å².